The van der Waals surface area contributed by atoms with E-state index in [1.165, 1.54) is 6.08 Å². The lowest BCUT2D eigenvalue weighted by Crippen LogP contribution is -2.14. The highest BCUT2D eigenvalue weighted by atomic mass is 79.9. The van der Waals surface area contributed by atoms with E-state index in [2.05, 4.69) is 15.9 Å². The summed E-state index contributed by atoms with van der Waals surface area (Å²) in [5, 5.41) is 0.553. The van der Waals surface area contributed by atoms with Gasteiger partial charge in [-0.15, -0.1) is 0 Å². The van der Waals surface area contributed by atoms with Crippen LogP contribution in [0, 0.1) is 0 Å². The summed E-state index contributed by atoms with van der Waals surface area (Å²) in [7, 11) is 0. The van der Waals surface area contributed by atoms with E-state index in [0.29, 0.717) is 17.4 Å². The SMILES string of the molecule is O=C(/C=C/c1ccccc1Br)OCc1cc(Cl)cc2c1OCOC2. The van der Waals surface area contributed by atoms with Crippen LogP contribution in [0.5, 0.6) is 5.75 Å². The Hall–Kier alpha value is -1.82. The average Bonchev–Trinajstić information content (AvgIpc) is 2.58. The molecule has 0 saturated heterocycles. The molecular weight excluding hydrogens is 396 g/mol. The summed E-state index contributed by atoms with van der Waals surface area (Å²) in [5.41, 5.74) is 2.47. The second-order valence-corrected chi connectivity index (χ2v) is 6.42. The highest BCUT2D eigenvalue weighted by Gasteiger charge is 2.17. The van der Waals surface area contributed by atoms with Gasteiger partial charge in [-0.1, -0.05) is 45.7 Å². The quantitative estimate of drug-likeness (QED) is 0.541. The Bertz CT molecular complexity index is 789. The Morgan fingerprint density at radius 3 is 3.00 bits per heavy atom. The number of carbonyl (C=O) groups is 1. The minimum Gasteiger partial charge on any atom is -0.467 e. The first-order chi connectivity index (χ1) is 11.6. The Morgan fingerprint density at radius 2 is 2.17 bits per heavy atom. The van der Waals surface area contributed by atoms with Crippen LogP contribution in [0.4, 0.5) is 0 Å². The predicted octanol–water partition coefficient (Wildman–Crippen LogP) is 4.73. The number of ether oxygens (including phenoxy) is 3. The third-order valence-corrected chi connectivity index (χ3v) is 4.37. The Morgan fingerprint density at radius 1 is 1.33 bits per heavy atom. The van der Waals surface area contributed by atoms with E-state index in [1.54, 1.807) is 18.2 Å². The van der Waals surface area contributed by atoms with E-state index in [9.17, 15) is 4.79 Å². The maximum Gasteiger partial charge on any atom is 0.331 e. The van der Waals surface area contributed by atoms with Crippen LogP contribution in [0.2, 0.25) is 5.02 Å². The molecular formula is C18H14BrClO4. The van der Waals surface area contributed by atoms with Crippen LogP contribution >= 0.6 is 27.5 Å². The summed E-state index contributed by atoms with van der Waals surface area (Å²) in [6.45, 7) is 0.693. The maximum atomic E-state index is 11.9. The number of hydrogen-bond donors (Lipinski definition) is 0. The smallest absolute Gasteiger partial charge is 0.331 e. The fourth-order valence-corrected chi connectivity index (χ4v) is 3.01. The van der Waals surface area contributed by atoms with Crippen molar-refractivity contribution in [2.75, 3.05) is 6.79 Å². The van der Waals surface area contributed by atoms with Crippen molar-refractivity contribution in [1.82, 2.24) is 0 Å². The van der Waals surface area contributed by atoms with Crippen LogP contribution < -0.4 is 4.74 Å². The summed E-state index contributed by atoms with van der Waals surface area (Å²) >= 11 is 9.51. The van der Waals surface area contributed by atoms with Crippen molar-refractivity contribution in [1.29, 1.82) is 0 Å². The minimum atomic E-state index is -0.438. The first-order valence-corrected chi connectivity index (χ1v) is 8.42. The van der Waals surface area contributed by atoms with E-state index in [4.69, 9.17) is 25.8 Å². The number of fused-ring (bicyclic) bond motifs is 1. The minimum absolute atomic E-state index is 0.0853. The van der Waals surface area contributed by atoms with Gasteiger partial charge in [0.25, 0.3) is 0 Å². The van der Waals surface area contributed by atoms with Gasteiger partial charge in [-0.3, -0.25) is 0 Å². The van der Waals surface area contributed by atoms with Gasteiger partial charge in [-0.2, -0.15) is 0 Å². The largest absolute Gasteiger partial charge is 0.467 e. The van der Waals surface area contributed by atoms with E-state index < -0.39 is 5.97 Å². The second kappa shape index (κ2) is 7.83. The molecule has 0 bridgehead atoms. The molecule has 2 aromatic carbocycles. The molecule has 0 fully saturated rings. The van der Waals surface area contributed by atoms with Crippen molar-refractivity contribution in [3.05, 3.63) is 68.7 Å². The molecule has 0 N–H and O–H groups in total. The Labute approximate surface area is 153 Å². The summed E-state index contributed by atoms with van der Waals surface area (Å²) < 4.78 is 16.9. The topological polar surface area (TPSA) is 44.8 Å². The standard InChI is InChI=1S/C18H14BrClO4/c19-16-4-2-1-3-12(16)5-6-17(21)23-10-14-8-15(20)7-13-9-22-11-24-18(13)14/h1-8H,9-11H2/b6-5+. The van der Waals surface area contributed by atoms with Gasteiger partial charge < -0.3 is 14.2 Å². The molecule has 0 saturated carbocycles. The maximum absolute atomic E-state index is 11.9. The van der Waals surface area contributed by atoms with Crippen LogP contribution in [0.15, 0.2) is 46.9 Å². The lowest BCUT2D eigenvalue weighted by molar-refractivity contribution is -0.139. The van der Waals surface area contributed by atoms with Gasteiger partial charge >= 0.3 is 5.97 Å². The number of esters is 1. The molecule has 1 heterocycles. The fourth-order valence-electron chi connectivity index (χ4n) is 2.33. The van der Waals surface area contributed by atoms with Gasteiger partial charge in [-0.05, 0) is 29.8 Å². The molecule has 2 aromatic rings. The summed E-state index contributed by atoms with van der Waals surface area (Å²) in [6.07, 6.45) is 3.09. The molecule has 0 atom stereocenters. The van der Waals surface area contributed by atoms with Gasteiger partial charge in [0.15, 0.2) is 6.79 Å². The molecule has 6 heteroatoms. The highest BCUT2D eigenvalue weighted by Crippen LogP contribution is 2.32. The lowest BCUT2D eigenvalue weighted by atomic mass is 10.1. The lowest BCUT2D eigenvalue weighted by Gasteiger charge is -2.20. The molecule has 4 nitrogen and oxygen atoms in total. The van der Waals surface area contributed by atoms with Gasteiger partial charge in [0, 0.05) is 26.7 Å². The van der Waals surface area contributed by atoms with Crippen LogP contribution in [-0.4, -0.2) is 12.8 Å². The third kappa shape index (κ3) is 4.17. The van der Waals surface area contributed by atoms with Crippen molar-refractivity contribution >= 4 is 39.6 Å². The van der Waals surface area contributed by atoms with Crippen molar-refractivity contribution in [3.63, 3.8) is 0 Å². The number of benzene rings is 2. The van der Waals surface area contributed by atoms with Gasteiger partial charge in [-0.25, -0.2) is 4.79 Å². The van der Waals surface area contributed by atoms with Crippen LogP contribution in [0.25, 0.3) is 6.08 Å². The molecule has 0 spiro atoms. The predicted molar refractivity (Wildman–Crippen MR) is 94.7 cm³/mol. The molecule has 24 heavy (non-hydrogen) atoms. The molecule has 1 aliphatic heterocycles. The first kappa shape index (κ1) is 17.0. The van der Waals surface area contributed by atoms with Crippen molar-refractivity contribution in [2.45, 2.75) is 13.2 Å². The molecule has 3 rings (SSSR count). The van der Waals surface area contributed by atoms with E-state index in [-0.39, 0.29) is 13.4 Å². The summed E-state index contributed by atoms with van der Waals surface area (Å²) in [5.74, 6) is 0.236. The van der Waals surface area contributed by atoms with Crippen LogP contribution in [-0.2, 0) is 27.5 Å². The van der Waals surface area contributed by atoms with Gasteiger partial charge in [0.2, 0.25) is 0 Å². The van der Waals surface area contributed by atoms with Crippen LogP contribution in [0.1, 0.15) is 16.7 Å². The van der Waals surface area contributed by atoms with Gasteiger partial charge in [0.05, 0.1) is 6.61 Å². The Balaban J connectivity index is 1.67. The normalized spacial score (nSPS) is 13.4. The number of halogens is 2. The number of hydrogen-bond acceptors (Lipinski definition) is 4. The molecule has 124 valence electrons. The van der Waals surface area contributed by atoms with Gasteiger partial charge in [0.1, 0.15) is 12.4 Å². The fraction of sp³-hybridized carbons (Fsp3) is 0.167. The molecule has 1 aliphatic rings. The molecule has 0 unspecified atom stereocenters. The van der Waals surface area contributed by atoms with E-state index in [1.807, 2.05) is 24.3 Å². The zero-order valence-electron chi connectivity index (χ0n) is 12.6. The number of rotatable bonds is 4. The zero-order valence-corrected chi connectivity index (χ0v) is 15.0. The number of carbonyl (C=O) groups excluding carboxylic acids is 1. The summed E-state index contributed by atoms with van der Waals surface area (Å²) in [6, 6.07) is 11.1. The highest BCUT2D eigenvalue weighted by molar-refractivity contribution is 9.10. The Kier molecular flexibility index (Phi) is 5.56. The van der Waals surface area contributed by atoms with Crippen molar-refractivity contribution < 1.29 is 19.0 Å². The first-order valence-electron chi connectivity index (χ1n) is 7.24. The molecule has 0 aromatic heterocycles. The van der Waals surface area contributed by atoms with Crippen LogP contribution in [0.3, 0.4) is 0 Å². The van der Waals surface area contributed by atoms with Crippen molar-refractivity contribution in [3.8, 4) is 5.75 Å². The van der Waals surface area contributed by atoms with Crippen molar-refractivity contribution in [2.24, 2.45) is 0 Å². The molecule has 0 aliphatic carbocycles. The zero-order chi connectivity index (χ0) is 16.9. The average molecular weight is 410 g/mol. The van der Waals surface area contributed by atoms with E-state index in [0.717, 1.165) is 21.2 Å². The third-order valence-electron chi connectivity index (χ3n) is 3.43. The second-order valence-electron chi connectivity index (χ2n) is 5.13. The monoisotopic (exact) mass is 408 g/mol. The summed E-state index contributed by atoms with van der Waals surface area (Å²) in [4.78, 5) is 11.9. The molecule has 0 amide bonds. The molecule has 0 radical (unpaired) electrons. The van der Waals surface area contributed by atoms with E-state index >= 15 is 0 Å².